The highest BCUT2D eigenvalue weighted by atomic mass is 79.9. The molecule has 1 aromatic carbocycles. The smallest absolute Gasteiger partial charge is 0.123 e. The molecule has 2 nitrogen and oxygen atoms in total. The average Bonchev–Trinajstić information content (AvgIpc) is 2.77. The van der Waals surface area contributed by atoms with Crippen molar-refractivity contribution in [2.75, 3.05) is 13.2 Å². The molecule has 0 bridgehead atoms. The molecule has 1 aromatic rings. The summed E-state index contributed by atoms with van der Waals surface area (Å²) in [5, 5.41) is 0. The third kappa shape index (κ3) is 2.89. The molecule has 100 valence electrons. The maximum atomic E-state index is 5.85. The van der Waals surface area contributed by atoms with Crippen molar-refractivity contribution in [1.29, 1.82) is 0 Å². The van der Waals surface area contributed by atoms with Crippen molar-refractivity contribution in [3.05, 3.63) is 29.3 Å². The number of aryl methyl sites for hydroxylation is 1. The molecule has 1 saturated heterocycles. The second kappa shape index (κ2) is 6.07. The Morgan fingerprint density at radius 3 is 2.89 bits per heavy atom. The van der Waals surface area contributed by atoms with Crippen LogP contribution in [0.2, 0.25) is 0 Å². The number of ether oxygens (including phenoxy) is 2. The molecule has 18 heavy (non-hydrogen) atoms. The summed E-state index contributed by atoms with van der Waals surface area (Å²) in [6, 6.07) is 6.34. The molecule has 0 spiro atoms. The van der Waals surface area contributed by atoms with Gasteiger partial charge in [-0.2, -0.15) is 0 Å². The van der Waals surface area contributed by atoms with Crippen LogP contribution in [0.3, 0.4) is 0 Å². The van der Waals surface area contributed by atoms with Crippen molar-refractivity contribution in [2.45, 2.75) is 38.1 Å². The lowest BCUT2D eigenvalue weighted by Crippen LogP contribution is -2.19. The fourth-order valence-electron chi connectivity index (χ4n) is 2.44. The molecular formula is C15H21BrO2. The second-order valence-corrected chi connectivity index (χ2v) is 5.96. The summed E-state index contributed by atoms with van der Waals surface area (Å²) >= 11 is 3.80. The van der Waals surface area contributed by atoms with Crippen LogP contribution in [-0.4, -0.2) is 19.3 Å². The highest BCUT2D eigenvalue weighted by Crippen LogP contribution is 2.41. The fraction of sp³-hybridized carbons (Fsp3) is 0.600. The second-order valence-electron chi connectivity index (χ2n) is 4.98. The van der Waals surface area contributed by atoms with Crippen molar-refractivity contribution in [2.24, 2.45) is 5.92 Å². The minimum atomic E-state index is 0.205. The third-order valence-electron chi connectivity index (χ3n) is 3.50. The lowest BCUT2D eigenvalue weighted by atomic mass is 9.96. The zero-order valence-electron chi connectivity index (χ0n) is 11.3. The first-order valence-electron chi connectivity index (χ1n) is 6.62. The van der Waals surface area contributed by atoms with E-state index in [1.165, 1.54) is 11.1 Å². The van der Waals surface area contributed by atoms with Gasteiger partial charge in [0.15, 0.2) is 0 Å². The van der Waals surface area contributed by atoms with Crippen LogP contribution in [0.4, 0.5) is 0 Å². The van der Waals surface area contributed by atoms with E-state index in [0.29, 0.717) is 12.5 Å². The van der Waals surface area contributed by atoms with Gasteiger partial charge in [0.25, 0.3) is 0 Å². The average molecular weight is 313 g/mol. The Morgan fingerprint density at radius 2 is 2.28 bits per heavy atom. The van der Waals surface area contributed by atoms with E-state index in [1.807, 2.05) is 6.92 Å². The van der Waals surface area contributed by atoms with E-state index in [4.69, 9.17) is 9.47 Å². The van der Waals surface area contributed by atoms with Crippen LogP contribution in [0.5, 0.6) is 5.75 Å². The minimum Gasteiger partial charge on any atom is -0.494 e. The molecule has 0 aromatic heterocycles. The maximum Gasteiger partial charge on any atom is 0.123 e. The first-order chi connectivity index (χ1) is 8.63. The van der Waals surface area contributed by atoms with Crippen LogP contribution in [0.25, 0.3) is 0 Å². The van der Waals surface area contributed by atoms with Gasteiger partial charge >= 0.3 is 0 Å². The van der Waals surface area contributed by atoms with Crippen LogP contribution in [0.1, 0.15) is 36.2 Å². The van der Waals surface area contributed by atoms with E-state index in [1.54, 1.807) is 0 Å². The molecule has 3 unspecified atom stereocenters. The predicted octanol–water partition coefficient (Wildman–Crippen LogP) is 4.25. The maximum absolute atomic E-state index is 5.85. The van der Waals surface area contributed by atoms with Gasteiger partial charge in [-0.25, -0.2) is 0 Å². The molecular weight excluding hydrogens is 292 g/mol. The number of hydrogen-bond acceptors (Lipinski definition) is 2. The van der Waals surface area contributed by atoms with Gasteiger partial charge in [0.05, 0.1) is 17.5 Å². The number of rotatable bonds is 4. The molecule has 0 N–H and O–H groups in total. The Bertz CT molecular complexity index is 405. The van der Waals surface area contributed by atoms with Crippen LogP contribution in [0.15, 0.2) is 18.2 Å². The molecule has 0 amide bonds. The van der Waals surface area contributed by atoms with E-state index in [0.717, 1.165) is 18.8 Å². The molecule has 1 aliphatic heterocycles. The van der Waals surface area contributed by atoms with Gasteiger partial charge in [-0.3, -0.25) is 0 Å². The monoisotopic (exact) mass is 312 g/mol. The summed E-state index contributed by atoms with van der Waals surface area (Å²) in [6.45, 7) is 7.93. The lowest BCUT2D eigenvalue weighted by molar-refractivity contribution is 0.0928. The third-order valence-corrected chi connectivity index (χ3v) is 4.51. The molecule has 0 saturated carbocycles. The summed E-state index contributed by atoms with van der Waals surface area (Å²) in [4.78, 5) is 0.205. The topological polar surface area (TPSA) is 18.5 Å². The van der Waals surface area contributed by atoms with E-state index < -0.39 is 0 Å². The van der Waals surface area contributed by atoms with E-state index in [-0.39, 0.29) is 10.9 Å². The number of halogens is 1. The van der Waals surface area contributed by atoms with E-state index in [9.17, 15) is 0 Å². The highest BCUT2D eigenvalue weighted by molar-refractivity contribution is 9.09. The summed E-state index contributed by atoms with van der Waals surface area (Å²) in [5.74, 6) is 1.55. The Morgan fingerprint density at radius 1 is 1.50 bits per heavy atom. The first-order valence-corrected chi connectivity index (χ1v) is 7.54. The fourth-order valence-corrected chi connectivity index (χ4v) is 3.47. The first kappa shape index (κ1) is 13.9. The van der Waals surface area contributed by atoms with Gasteiger partial charge in [-0.1, -0.05) is 40.5 Å². The van der Waals surface area contributed by atoms with E-state index in [2.05, 4.69) is 48.0 Å². The molecule has 2 rings (SSSR count). The molecule has 3 heteroatoms. The Labute approximate surface area is 118 Å². The zero-order valence-corrected chi connectivity index (χ0v) is 12.9. The Balaban J connectivity index is 2.27. The quantitative estimate of drug-likeness (QED) is 0.774. The summed E-state index contributed by atoms with van der Waals surface area (Å²) in [5.41, 5.74) is 2.46. The summed E-state index contributed by atoms with van der Waals surface area (Å²) in [6.07, 6.45) is 1.38. The molecule has 0 radical (unpaired) electrons. The van der Waals surface area contributed by atoms with Crippen molar-refractivity contribution in [3.8, 4) is 5.75 Å². The molecule has 1 heterocycles. The zero-order chi connectivity index (χ0) is 13.1. The summed E-state index contributed by atoms with van der Waals surface area (Å²) in [7, 11) is 0. The number of hydrogen-bond donors (Lipinski definition) is 0. The molecule has 1 aliphatic rings. The van der Waals surface area contributed by atoms with Gasteiger partial charge in [-0.05, 0) is 32.3 Å². The van der Waals surface area contributed by atoms with Crippen molar-refractivity contribution in [3.63, 3.8) is 0 Å². The Hall–Kier alpha value is -0.540. The minimum absolute atomic E-state index is 0.205. The van der Waals surface area contributed by atoms with Gasteiger partial charge in [-0.15, -0.1) is 0 Å². The SMILES string of the molecule is CCOc1ccc(C)cc1C(Br)C1OCCC1C. The van der Waals surface area contributed by atoms with Crippen LogP contribution >= 0.6 is 15.9 Å². The molecule has 3 atom stereocenters. The molecule has 1 fully saturated rings. The largest absolute Gasteiger partial charge is 0.494 e. The number of alkyl halides is 1. The van der Waals surface area contributed by atoms with Crippen LogP contribution < -0.4 is 4.74 Å². The van der Waals surface area contributed by atoms with Crippen LogP contribution in [0, 0.1) is 12.8 Å². The van der Waals surface area contributed by atoms with Crippen molar-refractivity contribution < 1.29 is 9.47 Å². The van der Waals surface area contributed by atoms with Crippen LogP contribution in [-0.2, 0) is 4.74 Å². The van der Waals surface area contributed by atoms with Crippen molar-refractivity contribution in [1.82, 2.24) is 0 Å². The van der Waals surface area contributed by atoms with Gasteiger partial charge < -0.3 is 9.47 Å². The highest BCUT2D eigenvalue weighted by Gasteiger charge is 2.32. The predicted molar refractivity (Wildman–Crippen MR) is 77.5 cm³/mol. The summed E-state index contributed by atoms with van der Waals surface area (Å²) < 4.78 is 11.6. The van der Waals surface area contributed by atoms with Gasteiger partial charge in [0.2, 0.25) is 0 Å². The lowest BCUT2D eigenvalue weighted by Gasteiger charge is -2.23. The number of benzene rings is 1. The molecule has 0 aliphatic carbocycles. The van der Waals surface area contributed by atoms with E-state index >= 15 is 0 Å². The Kier molecular flexibility index (Phi) is 4.68. The van der Waals surface area contributed by atoms with Gasteiger partial charge in [0.1, 0.15) is 5.75 Å². The van der Waals surface area contributed by atoms with Crippen molar-refractivity contribution >= 4 is 15.9 Å². The van der Waals surface area contributed by atoms with Gasteiger partial charge in [0, 0.05) is 12.2 Å². The normalized spacial score (nSPS) is 25.1. The standard InChI is InChI=1S/C15H21BrO2/c1-4-17-13-6-5-10(2)9-12(13)14(16)15-11(3)7-8-18-15/h5-6,9,11,14-15H,4,7-8H2,1-3H3.